The van der Waals surface area contributed by atoms with E-state index in [0.29, 0.717) is 27.2 Å². The number of carboxylic acids is 1. The lowest BCUT2D eigenvalue weighted by atomic mass is 10.1. The molecule has 1 aromatic heterocycles. The van der Waals surface area contributed by atoms with Crippen LogP contribution in [0.25, 0.3) is 0 Å². The van der Waals surface area contributed by atoms with E-state index < -0.39 is 11.9 Å². The van der Waals surface area contributed by atoms with Gasteiger partial charge in [-0.05, 0) is 32.0 Å². The topological polar surface area (TPSA) is 88.5 Å². The average Bonchev–Trinajstić information content (AvgIpc) is 2.88. The molecule has 0 saturated carbocycles. The SMILES string of the molecule is COc1ccc(Cl)cc1NC(=O)C(C)c1nc(C)c(C(=O)O)s1. The third-order valence-corrected chi connectivity index (χ3v) is 4.75. The van der Waals surface area contributed by atoms with Crippen LogP contribution in [0, 0.1) is 6.92 Å². The Kier molecular flexibility index (Phi) is 5.23. The second kappa shape index (κ2) is 6.97. The van der Waals surface area contributed by atoms with Crippen LogP contribution in [0.15, 0.2) is 18.2 Å². The molecular weight excluding hydrogens is 340 g/mol. The Labute approximate surface area is 142 Å². The number of hydrogen-bond donors (Lipinski definition) is 2. The van der Waals surface area contributed by atoms with Gasteiger partial charge in [0.05, 0.1) is 24.4 Å². The molecule has 2 rings (SSSR count). The second-order valence-electron chi connectivity index (χ2n) is 4.83. The zero-order valence-electron chi connectivity index (χ0n) is 12.7. The number of thiazole rings is 1. The highest BCUT2D eigenvalue weighted by atomic mass is 35.5. The van der Waals surface area contributed by atoms with Crippen molar-refractivity contribution in [2.24, 2.45) is 0 Å². The normalized spacial score (nSPS) is 11.8. The number of amides is 1. The average molecular weight is 355 g/mol. The van der Waals surface area contributed by atoms with Crippen LogP contribution >= 0.6 is 22.9 Å². The fourth-order valence-electron chi connectivity index (χ4n) is 1.93. The van der Waals surface area contributed by atoms with Crippen molar-refractivity contribution in [1.29, 1.82) is 0 Å². The first kappa shape index (κ1) is 17.2. The molecule has 1 heterocycles. The molecule has 8 heteroatoms. The quantitative estimate of drug-likeness (QED) is 0.857. The van der Waals surface area contributed by atoms with E-state index in [4.69, 9.17) is 21.4 Å². The summed E-state index contributed by atoms with van der Waals surface area (Å²) in [6, 6.07) is 4.89. The summed E-state index contributed by atoms with van der Waals surface area (Å²) in [5.74, 6) is -1.49. The van der Waals surface area contributed by atoms with Gasteiger partial charge in [0.25, 0.3) is 0 Å². The Morgan fingerprint density at radius 3 is 2.70 bits per heavy atom. The van der Waals surface area contributed by atoms with Gasteiger partial charge in [0.15, 0.2) is 0 Å². The highest BCUT2D eigenvalue weighted by Crippen LogP contribution is 2.30. The first-order valence-corrected chi connectivity index (χ1v) is 7.88. The number of carboxylic acid groups (broad SMARTS) is 1. The van der Waals surface area contributed by atoms with E-state index >= 15 is 0 Å². The Balaban J connectivity index is 2.22. The van der Waals surface area contributed by atoms with Gasteiger partial charge >= 0.3 is 5.97 Å². The van der Waals surface area contributed by atoms with Crippen LogP contribution in [-0.2, 0) is 4.79 Å². The van der Waals surface area contributed by atoms with Gasteiger partial charge in [0.2, 0.25) is 5.91 Å². The molecule has 0 aliphatic carbocycles. The molecule has 6 nitrogen and oxygen atoms in total. The number of methoxy groups -OCH3 is 1. The van der Waals surface area contributed by atoms with E-state index in [1.807, 2.05) is 0 Å². The molecule has 0 radical (unpaired) electrons. The molecule has 1 atom stereocenters. The standard InChI is InChI=1S/C15H15ClN2O4S/c1-7(14-17-8(2)12(23-14)15(20)21)13(19)18-10-6-9(16)4-5-11(10)22-3/h4-7H,1-3H3,(H,18,19)(H,20,21). The number of halogens is 1. The number of hydrogen-bond acceptors (Lipinski definition) is 5. The number of aromatic nitrogens is 1. The minimum atomic E-state index is -1.05. The van der Waals surface area contributed by atoms with Gasteiger partial charge in [0, 0.05) is 5.02 Å². The molecule has 1 amide bonds. The molecule has 0 aliphatic heterocycles. The van der Waals surface area contributed by atoms with Crippen molar-refractivity contribution >= 4 is 40.5 Å². The highest BCUT2D eigenvalue weighted by molar-refractivity contribution is 7.13. The third kappa shape index (κ3) is 3.80. The molecule has 122 valence electrons. The van der Waals surface area contributed by atoms with Crippen LogP contribution in [-0.4, -0.2) is 29.1 Å². The van der Waals surface area contributed by atoms with Gasteiger partial charge < -0.3 is 15.2 Å². The summed E-state index contributed by atoms with van der Waals surface area (Å²) >= 11 is 6.93. The Morgan fingerprint density at radius 2 is 2.13 bits per heavy atom. The van der Waals surface area contributed by atoms with Gasteiger partial charge in [-0.25, -0.2) is 9.78 Å². The van der Waals surface area contributed by atoms with E-state index in [0.717, 1.165) is 11.3 Å². The number of benzene rings is 1. The predicted octanol–water partition coefficient (Wildman–Crippen LogP) is 3.55. The Hall–Kier alpha value is -2.12. The van der Waals surface area contributed by atoms with Crippen LogP contribution in [0.4, 0.5) is 5.69 Å². The number of anilines is 1. The van der Waals surface area contributed by atoms with Crippen molar-refractivity contribution in [2.75, 3.05) is 12.4 Å². The first-order valence-electron chi connectivity index (χ1n) is 6.68. The lowest BCUT2D eigenvalue weighted by Crippen LogP contribution is -2.19. The van der Waals surface area contributed by atoms with Crippen LogP contribution in [0.5, 0.6) is 5.75 Å². The van der Waals surface area contributed by atoms with E-state index in [9.17, 15) is 9.59 Å². The van der Waals surface area contributed by atoms with Crippen LogP contribution in [0.2, 0.25) is 5.02 Å². The van der Waals surface area contributed by atoms with Crippen molar-refractivity contribution < 1.29 is 19.4 Å². The van der Waals surface area contributed by atoms with E-state index in [1.54, 1.807) is 32.0 Å². The molecule has 2 N–H and O–H groups in total. The lowest BCUT2D eigenvalue weighted by Gasteiger charge is -2.13. The van der Waals surface area contributed by atoms with Crippen molar-refractivity contribution in [2.45, 2.75) is 19.8 Å². The molecule has 1 unspecified atom stereocenters. The zero-order valence-corrected chi connectivity index (χ0v) is 14.3. The number of carbonyl (C=O) groups excluding carboxylic acids is 1. The van der Waals surface area contributed by atoms with Crippen LogP contribution in [0.3, 0.4) is 0 Å². The van der Waals surface area contributed by atoms with Crippen molar-refractivity contribution in [3.05, 3.63) is 38.8 Å². The second-order valence-corrected chi connectivity index (χ2v) is 6.29. The van der Waals surface area contributed by atoms with Crippen molar-refractivity contribution in [1.82, 2.24) is 4.98 Å². The summed E-state index contributed by atoms with van der Waals surface area (Å²) in [6.45, 7) is 3.27. The molecule has 0 saturated heterocycles. The van der Waals surface area contributed by atoms with Gasteiger partial charge in [0.1, 0.15) is 15.6 Å². The molecule has 0 fully saturated rings. The van der Waals surface area contributed by atoms with Gasteiger partial charge in [-0.15, -0.1) is 11.3 Å². The number of aryl methyl sites for hydroxylation is 1. The third-order valence-electron chi connectivity index (χ3n) is 3.19. The van der Waals surface area contributed by atoms with E-state index in [-0.39, 0.29) is 10.8 Å². The monoisotopic (exact) mass is 354 g/mol. The molecule has 23 heavy (non-hydrogen) atoms. The summed E-state index contributed by atoms with van der Waals surface area (Å²) in [4.78, 5) is 27.8. The summed E-state index contributed by atoms with van der Waals surface area (Å²) in [6.07, 6.45) is 0. The van der Waals surface area contributed by atoms with Gasteiger partial charge in [-0.1, -0.05) is 11.6 Å². The molecule has 0 spiro atoms. The molecule has 1 aromatic carbocycles. The molecule has 0 bridgehead atoms. The molecule has 2 aromatic rings. The lowest BCUT2D eigenvalue weighted by molar-refractivity contribution is -0.117. The summed E-state index contributed by atoms with van der Waals surface area (Å²) < 4.78 is 5.18. The molecule has 0 aliphatic rings. The fourth-order valence-corrected chi connectivity index (χ4v) is 3.06. The zero-order chi connectivity index (χ0) is 17.1. The number of nitrogens with zero attached hydrogens (tertiary/aromatic N) is 1. The van der Waals surface area contributed by atoms with E-state index in [1.165, 1.54) is 7.11 Å². The Bertz CT molecular complexity index is 760. The fraction of sp³-hybridized carbons (Fsp3) is 0.267. The van der Waals surface area contributed by atoms with E-state index in [2.05, 4.69) is 10.3 Å². The van der Waals surface area contributed by atoms with Crippen molar-refractivity contribution in [3.8, 4) is 5.75 Å². The number of rotatable bonds is 5. The predicted molar refractivity (Wildman–Crippen MR) is 88.9 cm³/mol. The minimum absolute atomic E-state index is 0.139. The number of ether oxygens (including phenoxy) is 1. The van der Waals surface area contributed by atoms with Crippen LogP contribution in [0.1, 0.15) is 33.2 Å². The number of carbonyl (C=O) groups is 2. The summed E-state index contributed by atoms with van der Waals surface area (Å²) in [7, 11) is 1.49. The Morgan fingerprint density at radius 1 is 1.43 bits per heavy atom. The summed E-state index contributed by atoms with van der Waals surface area (Å²) in [5.41, 5.74) is 0.848. The van der Waals surface area contributed by atoms with Gasteiger partial charge in [-0.2, -0.15) is 0 Å². The highest BCUT2D eigenvalue weighted by Gasteiger charge is 2.23. The minimum Gasteiger partial charge on any atom is -0.495 e. The first-order chi connectivity index (χ1) is 10.8. The molecular formula is C15H15ClN2O4S. The number of aromatic carboxylic acids is 1. The largest absolute Gasteiger partial charge is 0.495 e. The van der Waals surface area contributed by atoms with Crippen LogP contribution < -0.4 is 10.1 Å². The summed E-state index contributed by atoms with van der Waals surface area (Å²) in [5, 5.41) is 12.7. The number of nitrogens with one attached hydrogen (secondary N) is 1. The smallest absolute Gasteiger partial charge is 0.347 e. The maximum Gasteiger partial charge on any atom is 0.347 e. The van der Waals surface area contributed by atoms with Gasteiger partial charge in [-0.3, -0.25) is 4.79 Å². The maximum atomic E-state index is 12.4. The maximum absolute atomic E-state index is 12.4. The van der Waals surface area contributed by atoms with Crippen molar-refractivity contribution in [3.63, 3.8) is 0 Å².